The molecule has 1 aliphatic heterocycles. The molecule has 0 spiro atoms. The van der Waals surface area contributed by atoms with E-state index in [0.29, 0.717) is 24.7 Å². The van der Waals surface area contributed by atoms with Crippen molar-refractivity contribution >= 4 is 26.9 Å². The molecule has 0 N–H and O–H groups in total. The predicted octanol–water partition coefficient (Wildman–Crippen LogP) is 2.36. The monoisotopic (exact) mass is 255 g/mol. The maximum Gasteiger partial charge on any atom is 0.266 e. The fourth-order valence-corrected chi connectivity index (χ4v) is 1.88. The minimum absolute atomic E-state index is 0.494. The third kappa shape index (κ3) is 1.02. The number of halogens is 1. The van der Waals surface area contributed by atoms with Crippen LogP contribution in [0, 0.1) is 0 Å². The fourth-order valence-electron chi connectivity index (χ4n) is 1.47. The van der Waals surface area contributed by atoms with E-state index in [1.165, 1.54) is 0 Å². The molecule has 0 aliphatic carbocycles. The quantitative estimate of drug-likeness (QED) is 0.725. The average Bonchev–Trinajstić information content (AvgIpc) is 2.51. The van der Waals surface area contributed by atoms with Crippen LogP contribution in [0.15, 0.2) is 21.1 Å². The van der Waals surface area contributed by atoms with Crippen molar-refractivity contribution in [1.29, 1.82) is 0 Å². The Labute approximate surface area is 87.9 Å². The molecule has 0 atom stereocenters. The van der Waals surface area contributed by atoms with Crippen LogP contribution < -0.4 is 9.47 Å². The van der Waals surface area contributed by atoms with E-state index < -0.39 is 0 Å². The summed E-state index contributed by atoms with van der Waals surface area (Å²) in [6.07, 6.45) is 0. The molecule has 1 aliphatic rings. The number of rotatable bonds is 0. The standard InChI is InChI=1S/C9H6BrNO3/c10-5-1-2-6-7-8(5)14-11-9(7)13-4-3-12-6/h1-2H,3-4H2. The minimum Gasteiger partial charge on any atom is -0.489 e. The van der Waals surface area contributed by atoms with Crippen LogP contribution in [0.2, 0.25) is 0 Å². The molecule has 0 bridgehead atoms. The molecule has 72 valence electrons. The third-order valence-electron chi connectivity index (χ3n) is 2.08. The summed E-state index contributed by atoms with van der Waals surface area (Å²) in [6.45, 7) is 1.03. The summed E-state index contributed by atoms with van der Waals surface area (Å²) in [5.74, 6) is 1.27. The summed E-state index contributed by atoms with van der Waals surface area (Å²) >= 11 is 3.38. The Kier molecular flexibility index (Phi) is 1.67. The summed E-state index contributed by atoms with van der Waals surface area (Å²) in [6, 6.07) is 3.75. The van der Waals surface area contributed by atoms with E-state index in [1.54, 1.807) is 0 Å². The maximum atomic E-state index is 5.49. The SMILES string of the molecule is Brc1ccc2c3c(noc13)OCCO2. The first-order chi connectivity index (χ1) is 6.86. The summed E-state index contributed by atoms with van der Waals surface area (Å²) in [7, 11) is 0. The highest BCUT2D eigenvalue weighted by atomic mass is 79.9. The van der Waals surface area contributed by atoms with Gasteiger partial charge in [-0.1, -0.05) is 0 Å². The zero-order valence-corrected chi connectivity index (χ0v) is 8.70. The van der Waals surface area contributed by atoms with Gasteiger partial charge in [0, 0.05) is 0 Å². The molecule has 0 fully saturated rings. The number of hydrogen-bond acceptors (Lipinski definition) is 4. The van der Waals surface area contributed by atoms with Crippen LogP contribution in [-0.4, -0.2) is 18.4 Å². The normalized spacial score (nSPS) is 14.6. The summed E-state index contributed by atoms with van der Waals surface area (Å²) in [5.41, 5.74) is 0.666. The highest BCUT2D eigenvalue weighted by molar-refractivity contribution is 9.10. The van der Waals surface area contributed by atoms with Gasteiger partial charge in [0.15, 0.2) is 5.58 Å². The van der Waals surface area contributed by atoms with Crippen LogP contribution in [0.1, 0.15) is 0 Å². The molecule has 3 rings (SSSR count). The molecular weight excluding hydrogens is 250 g/mol. The molecule has 2 heterocycles. The Hall–Kier alpha value is -1.23. The van der Waals surface area contributed by atoms with Crippen LogP contribution in [0.5, 0.6) is 11.6 Å². The van der Waals surface area contributed by atoms with Gasteiger partial charge in [-0.3, -0.25) is 0 Å². The van der Waals surface area contributed by atoms with Crippen LogP contribution in [0.25, 0.3) is 11.0 Å². The van der Waals surface area contributed by atoms with E-state index in [2.05, 4.69) is 21.1 Å². The molecule has 1 aromatic heterocycles. The van der Waals surface area contributed by atoms with Crippen molar-refractivity contribution in [2.75, 3.05) is 13.2 Å². The Balaban J connectivity index is 2.41. The number of aromatic nitrogens is 1. The van der Waals surface area contributed by atoms with Crippen LogP contribution >= 0.6 is 15.9 Å². The lowest BCUT2D eigenvalue weighted by Crippen LogP contribution is -2.05. The molecule has 2 aromatic rings. The van der Waals surface area contributed by atoms with Crippen molar-refractivity contribution in [3.05, 3.63) is 16.6 Å². The van der Waals surface area contributed by atoms with Gasteiger partial charge in [0.2, 0.25) is 0 Å². The third-order valence-corrected chi connectivity index (χ3v) is 2.71. The highest BCUT2D eigenvalue weighted by Crippen LogP contribution is 2.38. The van der Waals surface area contributed by atoms with Gasteiger partial charge in [0.05, 0.1) is 4.47 Å². The Morgan fingerprint density at radius 1 is 1.21 bits per heavy atom. The number of benzene rings is 1. The first kappa shape index (κ1) is 8.11. The van der Waals surface area contributed by atoms with Crippen LogP contribution in [0.4, 0.5) is 0 Å². The first-order valence-electron chi connectivity index (χ1n) is 4.20. The van der Waals surface area contributed by atoms with Crippen molar-refractivity contribution in [3.8, 4) is 11.6 Å². The number of hydrogen-bond donors (Lipinski definition) is 0. The minimum atomic E-state index is 0.494. The van der Waals surface area contributed by atoms with Gasteiger partial charge in [-0.15, -0.1) is 0 Å². The lowest BCUT2D eigenvalue weighted by atomic mass is 10.2. The number of nitrogens with zero attached hydrogens (tertiary/aromatic N) is 1. The van der Waals surface area contributed by atoms with Gasteiger partial charge in [-0.2, -0.15) is 0 Å². The lowest BCUT2D eigenvalue weighted by Gasteiger charge is -2.01. The van der Waals surface area contributed by atoms with E-state index in [9.17, 15) is 0 Å². The van der Waals surface area contributed by atoms with E-state index in [0.717, 1.165) is 15.6 Å². The molecule has 0 radical (unpaired) electrons. The molecule has 0 saturated carbocycles. The Morgan fingerprint density at radius 3 is 3.00 bits per heavy atom. The molecule has 14 heavy (non-hydrogen) atoms. The van der Waals surface area contributed by atoms with E-state index >= 15 is 0 Å². The summed E-state index contributed by atoms with van der Waals surface area (Å²) in [5, 5.41) is 4.64. The fraction of sp³-hybridized carbons (Fsp3) is 0.222. The van der Waals surface area contributed by atoms with Crippen molar-refractivity contribution in [3.63, 3.8) is 0 Å². The van der Waals surface area contributed by atoms with E-state index in [-0.39, 0.29) is 0 Å². The van der Waals surface area contributed by atoms with Crippen molar-refractivity contribution in [2.24, 2.45) is 0 Å². The molecular formula is C9H6BrNO3. The molecule has 0 saturated heterocycles. The molecule has 4 nitrogen and oxygen atoms in total. The Bertz CT molecular complexity index is 494. The molecule has 1 aromatic carbocycles. The highest BCUT2D eigenvalue weighted by Gasteiger charge is 2.19. The van der Waals surface area contributed by atoms with Gasteiger partial charge in [-0.05, 0) is 33.2 Å². The second kappa shape index (κ2) is 2.88. The van der Waals surface area contributed by atoms with Crippen molar-refractivity contribution < 1.29 is 14.0 Å². The van der Waals surface area contributed by atoms with Gasteiger partial charge < -0.3 is 14.0 Å². The lowest BCUT2D eigenvalue weighted by molar-refractivity contribution is 0.216. The summed E-state index contributed by atoms with van der Waals surface area (Å²) < 4.78 is 16.8. The topological polar surface area (TPSA) is 44.5 Å². The van der Waals surface area contributed by atoms with Crippen LogP contribution in [0.3, 0.4) is 0 Å². The zero-order valence-electron chi connectivity index (χ0n) is 7.12. The van der Waals surface area contributed by atoms with Crippen LogP contribution in [-0.2, 0) is 0 Å². The number of ether oxygens (including phenoxy) is 2. The average molecular weight is 256 g/mol. The van der Waals surface area contributed by atoms with Gasteiger partial charge in [0.25, 0.3) is 5.88 Å². The smallest absolute Gasteiger partial charge is 0.266 e. The molecule has 0 amide bonds. The molecule has 5 heteroatoms. The molecule has 0 unspecified atom stereocenters. The largest absolute Gasteiger partial charge is 0.489 e. The van der Waals surface area contributed by atoms with Gasteiger partial charge in [0.1, 0.15) is 24.3 Å². The van der Waals surface area contributed by atoms with Crippen molar-refractivity contribution in [1.82, 2.24) is 5.16 Å². The van der Waals surface area contributed by atoms with E-state index in [4.69, 9.17) is 14.0 Å². The second-order valence-electron chi connectivity index (χ2n) is 2.93. The first-order valence-corrected chi connectivity index (χ1v) is 4.99. The maximum absolute atomic E-state index is 5.49. The van der Waals surface area contributed by atoms with Gasteiger partial charge >= 0.3 is 0 Å². The van der Waals surface area contributed by atoms with Crippen molar-refractivity contribution in [2.45, 2.75) is 0 Å². The second-order valence-corrected chi connectivity index (χ2v) is 3.79. The van der Waals surface area contributed by atoms with Gasteiger partial charge in [-0.25, -0.2) is 0 Å². The zero-order chi connectivity index (χ0) is 9.54. The Morgan fingerprint density at radius 2 is 2.07 bits per heavy atom. The predicted molar refractivity (Wildman–Crippen MR) is 52.7 cm³/mol. The van der Waals surface area contributed by atoms with E-state index in [1.807, 2.05) is 12.1 Å². The summed E-state index contributed by atoms with van der Waals surface area (Å²) in [4.78, 5) is 0.